The summed E-state index contributed by atoms with van der Waals surface area (Å²) in [5.74, 6) is -1.39. The number of rotatable bonds is 6. The molecular formula is C16H15N3O6. The number of nitrogens with one attached hydrogen (secondary N) is 1. The Balaban J connectivity index is 1.91. The molecule has 130 valence electrons. The molecule has 0 unspecified atom stereocenters. The number of nitrogens with zero attached hydrogens (tertiary/aromatic N) is 2. The van der Waals surface area contributed by atoms with E-state index >= 15 is 0 Å². The van der Waals surface area contributed by atoms with Crippen molar-refractivity contribution < 1.29 is 19.2 Å². The first-order valence-electron chi connectivity index (χ1n) is 7.23. The van der Waals surface area contributed by atoms with Gasteiger partial charge in [-0.1, -0.05) is 12.1 Å². The second kappa shape index (κ2) is 7.86. The van der Waals surface area contributed by atoms with Crippen LogP contribution in [0.3, 0.4) is 0 Å². The Kier molecular flexibility index (Phi) is 5.62. The van der Waals surface area contributed by atoms with E-state index in [1.807, 2.05) is 0 Å². The number of aromatic nitrogens is 1. The molecule has 2 rings (SSSR count). The quantitative estimate of drug-likeness (QED) is 0.478. The van der Waals surface area contributed by atoms with Crippen LogP contribution < -0.4 is 10.9 Å². The topological polar surface area (TPSA) is 121 Å². The van der Waals surface area contributed by atoms with E-state index in [1.54, 1.807) is 19.1 Å². The number of nitro benzene ring substituents is 1. The van der Waals surface area contributed by atoms with Gasteiger partial charge in [-0.3, -0.25) is 24.5 Å². The number of aryl methyl sites for hydroxylation is 1. The van der Waals surface area contributed by atoms with E-state index in [1.165, 1.54) is 30.5 Å². The van der Waals surface area contributed by atoms with Gasteiger partial charge in [0.2, 0.25) is 0 Å². The summed E-state index contributed by atoms with van der Waals surface area (Å²) in [6.45, 7) is 0.790. The molecule has 0 atom stereocenters. The third-order valence-corrected chi connectivity index (χ3v) is 3.27. The Morgan fingerprint density at radius 1 is 1.28 bits per heavy atom. The predicted octanol–water partition coefficient (Wildman–Crippen LogP) is 1.25. The van der Waals surface area contributed by atoms with Crippen molar-refractivity contribution in [3.63, 3.8) is 0 Å². The van der Waals surface area contributed by atoms with Gasteiger partial charge in [-0.25, -0.2) is 0 Å². The zero-order chi connectivity index (χ0) is 18.4. The Morgan fingerprint density at radius 2 is 2.04 bits per heavy atom. The molecule has 0 spiro atoms. The first-order chi connectivity index (χ1) is 11.9. The molecule has 1 amide bonds. The van der Waals surface area contributed by atoms with Crippen LogP contribution >= 0.6 is 0 Å². The van der Waals surface area contributed by atoms with Crippen LogP contribution in [0.15, 0.2) is 47.4 Å². The Morgan fingerprint density at radius 3 is 2.72 bits per heavy atom. The molecule has 25 heavy (non-hydrogen) atoms. The smallest absolute Gasteiger partial charge is 0.326 e. The number of hydrogen-bond acceptors (Lipinski definition) is 6. The molecule has 9 heteroatoms. The number of hydrogen-bond donors (Lipinski definition) is 1. The number of amides is 1. The fourth-order valence-electron chi connectivity index (χ4n) is 1.97. The Bertz CT molecular complexity index is 874. The fraction of sp³-hybridized carbons (Fsp3) is 0.188. The molecule has 1 heterocycles. The highest BCUT2D eigenvalue weighted by Crippen LogP contribution is 2.21. The molecule has 9 nitrogen and oxygen atoms in total. The van der Waals surface area contributed by atoms with Gasteiger partial charge in [-0.15, -0.1) is 0 Å². The number of esters is 1. The molecule has 1 aromatic heterocycles. The van der Waals surface area contributed by atoms with Gasteiger partial charge in [0.05, 0.1) is 10.6 Å². The van der Waals surface area contributed by atoms with Gasteiger partial charge in [0.15, 0.2) is 6.61 Å². The van der Waals surface area contributed by atoms with Crippen LogP contribution in [-0.4, -0.2) is 28.0 Å². The van der Waals surface area contributed by atoms with Gasteiger partial charge in [0.25, 0.3) is 17.2 Å². The van der Waals surface area contributed by atoms with Gasteiger partial charge in [-0.05, 0) is 18.6 Å². The summed E-state index contributed by atoms with van der Waals surface area (Å²) in [5, 5.41) is 13.2. The van der Waals surface area contributed by atoms with Crippen LogP contribution in [0.5, 0.6) is 0 Å². The molecule has 0 aliphatic rings. The zero-order valence-electron chi connectivity index (χ0n) is 13.3. The summed E-state index contributed by atoms with van der Waals surface area (Å²) in [4.78, 5) is 45.2. The lowest BCUT2D eigenvalue weighted by molar-refractivity contribution is -0.384. The van der Waals surface area contributed by atoms with E-state index in [4.69, 9.17) is 4.74 Å². The van der Waals surface area contributed by atoms with Gasteiger partial charge in [0, 0.05) is 24.4 Å². The van der Waals surface area contributed by atoms with Gasteiger partial charge < -0.3 is 14.6 Å². The molecule has 0 saturated heterocycles. The Hall–Kier alpha value is -3.49. The Labute approximate surface area is 142 Å². The summed E-state index contributed by atoms with van der Waals surface area (Å²) in [5.41, 5.74) is 0.355. The minimum absolute atomic E-state index is 0.165. The third kappa shape index (κ3) is 4.99. The van der Waals surface area contributed by atoms with Crippen molar-refractivity contribution >= 4 is 23.3 Å². The summed E-state index contributed by atoms with van der Waals surface area (Å²) in [7, 11) is 0. The highest BCUT2D eigenvalue weighted by molar-refractivity contribution is 5.93. The molecule has 1 aromatic carbocycles. The van der Waals surface area contributed by atoms with E-state index in [2.05, 4.69) is 5.32 Å². The van der Waals surface area contributed by atoms with Crippen molar-refractivity contribution in [2.45, 2.75) is 13.5 Å². The maximum absolute atomic E-state index is 11.8. The van der Waals surface area contributed by atoms with Crippen molar-refractivity contribution in [1.82, 2.24) is 4.57 Å². The largest absolute Gasteiger partial charge is 0.454 e. The first-order valence-corrected chi connectivity index (χ1v) is 7.23. The lowest BCUT2D eigenvalue weighted by Gasteiger charge is -2.09. The van der Waals surface area contributed by atoms with E-state index in [0.717, 1.165) is 4.57 Å². The zero-order valence-corrected chi connectivity index (χ0v) is 13.3. The maximum Gasteiger partial charge on any atom is 0.326 e. The van der Waals surface area contributed by atoms with Crippen molar-refractivity contribution in [1.29, 1.82) is 0 Å². The van der Waals surface area contributed by atoms with Gasteiger partial charge in [-0.2, -0.15) is 0 Å². The number of ether oxygens (including phenoxy) is 1. The minimum atomic E-state index is -0.751. The molecule has 0 radical (unpaired) electrons. The molecule has 1 N–H and O–H groups in total. The van der Waals surface area contributed by atoms with Crippen molar-refractivity contribution in [2.24, 2.45) is 0 Å². The molecular weight excluding hydrogens is 330 g/mol. The van der Waals surface area contributed by atoms with Crippen molar-refractivity contribution in [3.05, 3.63) is 68.6 Å². The van der Waals surface area contributed by atoms with Gasteiger partial charge in [0.1, 0.15) is 6.54 Å². The monoisotopic (exact) mass is 345 g/mol. The number of non-ortho nitro benzene ring substituents is 1. The number of nitro groups is 1. The SMILES string of the molecule is Cc1ccc([N+](=O)[O-])cc1NC(=O)COC(=O)Cn1ccccc1=O. The van der Waals surface area contributed by atoms with E-state index in [9.17, 15) is 24.5 Å². The second-order valence-electron chi connectivity index (χ2n) is 5.13. The average Bonchev–Trinajstić information content (AvgIpc) is 2.57. The lowest BCUT2D eigenvalue weighted by atomic mass is 10.2. The predicted molar refractivity (Wildman–Crippen MR) is 88.1 cm³/mol. The number of anilines is 1. The van der Waals surface area contributed by atoms with Crippen molar-refractivity contribution in [2.75, 3.05) is 11.9 Å². The molecule has 0 bridgehead atoms. The lowest BCUT2D eigenvalue weighted by Crippen LogP contribution is -2.27. The summed E-state index contributed by atoms with van der Waals surface area (Å²) in [6, 6.07) is 8.47. The number of benzene rings is 1. The van der Waals surface area contributed by atoms with Crippen LogP contribution in [0.2, 0.25) is 0 Å². The molecule has 0 fully saturated rings. The van der Waals surface area contributed by atoms with Crippen LogP contribution in [0.4, 0.5) is 11.4 Å². The van der Waals surface area contributed by atoms with E-state index < -0.39 is 23.4 Å². The highest BCUT2D eigenvalue weighted by atomic mass is 16.6. The maximum atomic E-state index is 11.8. The summed E-state index contributed by atoms with van der Waals surface area (Å²) < 4.78 is 5.95. The van der Waals surface area contributed by atoms with Crippen LogP contribution in [0, 0.1) is 17.0 Å². The number of carbonyl (C=O) groups excluding carboxylic acids is 2. The minimum Gasteiger partial charge on any atom is -0.454 e. The van der Waals surface area contributed by atoms with Crippen LogP contribution in [0.1, 0.15) is 5.56 Å². The standard InChI is InChI=1S/C16H15N3O6/c1-11-5-6-12(19(23)24)8-13(11)17-14(20)10-25-16(22)9-18-7-3-2-4-15(18)21/h2-8H,9-10H2,1H3,(H,17,20). The third-order valence-electron chi connectivity index (χ3n) is 3.27. The summed E-state index contributed by atoms with van der Waals surface area (Å²) >= 11 is 0. The highest BCUT2D eigenvalue weighted by Gasteiger charge is 2.13. The van der Waals surface area contributed by atoms with Gasteiger partial charge >= 0.3 is 5.97 Å². The van der Waals surface area contributed by atoms with Crippen molar-refractivity contribution in [3.8, 4) is 0 Å². The fourth-order valence-corrected chi connectivity index (χ4v) is 1.97. The van der Waals surface area contributed by atoms with Crippen LogP contribution in [-0.2, 0) is 20.9 Å². The number of carbonyl (C=O) groups is 2. The second-order valence-corrected chi connectivity index (χ2v) is 5.13. The average molecular weight is 345 g/mol. The van der Waals surface area contributed by atoms with Crippen LogP contribution in [0.25, 0.3) is 0 Å². The molecule has 0 aliphatic carbocycles. The number of pyridine rings is 1. The molecule has 2 aromatic rings. The summed E-state index contributed by atoms with van der Waals surface area (Å²) in [6.07, 6.45) is 1.43. The normalized spacial score (nSPS) is 10.1. The van der Waals surface area contributed by atoms with E-state index in [-0.39, 0.29) is 23.5 Å². The van der Waals surface area contributed by atoms with E-state index in [0.29, 0.717) is 5.56 Å². The molecule has 0 saturated carbocycles. The first kappa shape index (κ1) is 17.9. The molecule has 0 aliphatic heterocycles.